The van der Waals surface area contributed by atoms with Gasteiger partial charge in [0.25, 0.3) is 0 Å². The molecule has 1 heterocycles. The van der Waals surface area contributed by atoms with Crippen LogP contribution in [0.15, 0.2) is 41.0 Å². The zero-order valence-corrected chi connectivity index (χ0v) is 11.2. The number of ketones is 1. The minimum Gasteiger partial charge on any atom is -0.333 e. The number of halogens is 1. The van der Waals surface area contributed by atoms with Gasteiger partial charge in [0, 0.05) is 11.8 Å². The van der Waals surface area contributed by atoms with Gasteiger partial charge in [0.15, 0.2) is 5.78 Å². The molecule has 0 fully saturated rings. The van der Waals surface area contributed by atoms with E-state index < -0.39 is 0 Å². The molecule has 0 atom stereocenters. The lowest BCUT2D eigenvalue weighted by atomic mass is 10.1. The molecule has 17 heavy (non-hydrogen) atoms. The number of hydrogen-bond acceptors (Lipinski definition) is 3. The van der Waals surface area contributed by atoms with E-state index in [1.54, 1.807) is 18.3 Å². The number of aromatic amines is 1. The summed E-state index contributed by atoms with van der Waals surface area (Å²) in [5.74, 6) is 0.595. The van der Waals surface area contributed by atoms with Crippen molar-refractivity contribution in [1.29, 1.82) is 0 Å². The van der Waals surface area contributed by atoms with Gasteiger partial charge in [-0.05, 0) is 15.9 Å². The Morgan fingerprint density at radius 3 is 2.71 bits per heavy atom. The number of hydrogen-bond donors (Lipinski definition) is 1. The number of Topliss-reactive ketones (excluding diaryl/α,β-unsaturated/α-hetero) is 1. The molecule has 1 N–H and O–H groups in total. The third-order valence-corrected chi connectivity index (χ3v) is 3.42. The molecule has 0 saturated carbocycles. The van der Waals surface area contributed by atoms with Crippen LogP contribution in [0.2, 0.25) is 0 Å². The first-order valence-corrected chi connectivity index (χ1v) is 6.19. The van der Waals surface area contributed by atoms with Crippen molar-refractivity contribution in [3.8, 4) is 0 Å². The SMILES string of the molecule is O=C(Cc1ncc(Br)c(=S)[nH]1)c1ccccc1. The topological polar surface area (TPSA) is 45.8 Å². The molecule has 86 valence electrons. The molecule has 0 unspecified atom stereocenters. The van der Waals surface area contributed by atoms with Gasteiger partial charge in [-0.25, -0.2) is 4.98 Å². The Balaban J connectivity index is 2.19. The fourth-order valence-electron chi connectivity index (χ4n) is 1.38. The van der Waals surface area contributed by atoms with E-state index in [9.17, 15) is 4.79 Å². The molecule has 2 rings (SSSR count). The summed E-state index contributed by atoms with van der Waals surface area (Å²) in [6.45, 7) is 0. The van der Waals surface area contributed by atoms with Gasteiger partial charge >= 0.3 is 0 Å². The molecule has 0 aliphatic rings. The number of benzene rings is 1. The first kappa shape index (κ1) is 12.1. The Labute approximate surface area is 112 Å². The van der Waals surface area contributed by atoms with Gasteiger partial charge in [-0.15, -0.1) is 0 Å². The number of rotatable bonds is 3. The fraction of sp³-hybridized carbons (Fsp3) is 0.0833. The number of nitrogens with one attached hydrogen (secondary N) is 1. The highest BCUT2D eigenvalue weighted by Crippen LogP contribution is 2.09. The average Bonchev–Trinajstić information content (AvgIpc) is 2.35. The first-order chi connectivity index (χ1) is 8.16. The maximum Gasteiger partial charge on any atom is 0.170 e. The highest BCUT2D eigenvalue weighted by atomic mass is 79.9. The van der Waals surface area contributed by atoms with Crippen molar-refractivity contribution in [2.45, 2.75) is 6.42 Å². The number of carbonyl (C=O) groups excluding carboxylic acids is 1. The van der Waals surface area contributed by atoms with Gasteiger partial charge in [0.2, 0.25) is 0 Å². The second-order valence-electron chi connectivity index (χ2n) is 3.47. The zero-order chi connectivity index (χ0) is 12.3. The Bertz CT molecular complexity index is 595. The second kappa shape index (κ2) is 5.33. The average molecular weight is 309 g/mol. The smallest absolute Gasteiger partial charge is 0.170 e. The zero-order valence-electron chi connectivity index (χ0n) is 8.81. The van der Waals surface area contributed by atoms with Crippen LogP contribution < -0.4 is 0 Å². The molecule has 1 aromatic carbocycles. The normalized spacial score (nSPS) is 10.2. The van der Waals surface area contributed by atoms with Gasteiger partial charge in [-0.3, -0.25) is 4.79 Å². The van der Waals surface area contributed by atoms with Crippen molar-refractivity contribution >= 4 is 33.9 Å². The van der Waals surface area contributed by atoms with Gasteiger partial charge in [0.05, 0.1) is 10.9 Å². The molecule has 2 aromatic rings. The summed E-state index contributed by atoms with van der Waals surface area (Å²) < 4.78 is 1.28. The highest BCUT2D eigenvalue weighted by molar-refractivity contribution is 9.10. The second-order valence-corrected chi connectivity index (χ2v) is 4.74. The van der Waals surface area contributed by atoms with E-state index in [2.05, 4.69) is 25.9 Å². The molecule has 3 nitrogen and oxygen atoms in total. The van der Waals surface area contributed by atoms with E-state index in [1.807, 2.05) is 18.2 Å². The number of aromatic nitrogens is 2. The highest BCUT2D eigenvalue weighted by Gasteiger charge is 2.08. The standard InChI is InChI=1S/C12H9BrN2OS/c13-9-7-14-11(15-12(9)17)6-10(16)8-4-2-1-3-5-8/h1-5,7H,6H2,(H,14,15,17). The van der Waals surface area contributed by atoms with Crippen molar-refractivity contribution in [3.05, 3.63) is 57.0 Å². The molecular formula is C12H9BrN2OS. The maximum absolute atomic E-state index is 11.9. The van der Waals surface area contributed by atoms with Crippen LogP contribution in [0.1, 0.15) is 16.2 Å². The third kappa shape index (κ3) is 3.08. The molecule has 0 amide bonds. The first-order valence-electron chi connectivity index (χ1n) is 4.99. The summed E-state index contributed by atoms with van der Waals surface area (Å²) >= 11 is 8.31. The van der Waals surface area contributed by atoms with Crippen LogP contribution in [-0.2, 0) is 6.42 Å². The van der Waals surface area contributed by atoms with Crippen LogP contribution >= 0.6 is 28.1 Å². The van der Waals surface area contributed by atoms with E-state index in [0.717, 1.165) is 4.47 Å². The van der Waals surface area contributed by atoms with Gasteiger partial charge < -0.3 is 4.98 Å². The predicted octanol–water partition coefficient (Wildman–Crippen LogP) is 3.33. The lowest BCUT2D eigenvalue weighted by molar-refractivity contribution is 0.0991. The van der Waals surface area contributed by atoms with Crippen molar-refractivity contribution < 1.29 is 4.79 Å². The van der Waals surface area contributed by atoms with Crippen LogP contribution in [0.4, 0.5) is 0 Å². The Hall–Kier alpha value is -1.33. The van der Waals surface area contributed by atoms with Crippen LogP contribution in [0.25, 0.3) is 0 Å². The van der Waals surface area contributed by atoms with E-state index >= 15 is 0 Å². The minimum atomic E-state index is 0.0195. The van der Waals surface area contributed by atoms with Crippen molar-refractivity contribution in [1.82, 2.24) is 9.97 Å². The summed E-state index contributed by atoms with van der Waals surface area (Å²) in [6.07, 6.45) is 1.83. The van der Waals surface area contributed by atoms with Gasteiger partial charge in [0.1, 0.15) is 10.5 Å². The molecular weight excluding hydrogens is 300 g/mol. The molecule has 0 spiro atoms. The van der Waals surface area contributed by atoms with Crippen LogP contribution in [-0.4, -0.2) is 15.8 Å². The van der Waals surface area contributed by atoms with Gasteiger partial charge in [-0.2, -0.15) is 0 Å². The quantitative estimate of drug-likeness (QED) is 0.699. The number of H-pyrrole nitrogens is 1. The lowest BCUT2D eigenvalue weighted by Crippen LogP contribution is -2.06. The summed E-state index contributed by atoms with van der Waals surface area (Å²) in [7, 11) is 0. The van der Waals surface area contributed by atoms with Crippen LogP contribution in [0.5, 0.6) is 0 Å². The summed E-state index contributed by atoms with van der Waals surface area (Å²) in [5, 5.41) is 0. The summed E-state index contributed by atoms with van der Waals surface area (Å²) in [5.41, 5.74) is 0.677. The van der Waals surface area contributed by atoms with Crippen molar-refractivity contribution in [2.75, 3.05) is 0 Å². The molecule has 0 aliphatic carbocycles. The van der Waals surface area contributed by atoms with Crippen LogP contribution in [0.3, 0.4) is 0 Å². The van der Waals surface area contributed by atoms with E-state index in [1.165, 1.54) is 0 Å². The molecule has 0 aliphatic heterocycles. The Kier molecular flexibility index (Phi) is 3.81. The van der Waals surface area contributed by atoms with E-state index in [0.29, 0.717) is 16.0 Å². The van der Waals surface area contributed by atoms with Crippen molar-refractivity contribution in [3.63, 3.8) is 0 Å². The minimum absolute atomic E-state index is 0.0195. The fourth-order valence-corrected chi connectivity index (χ4v) is 1.76. The third-order valence-electron chi connectivity index (χ3n) is 2.23. The van der Waals surface area contributed by atoms with Gasteiger partial charge in [-0.1, -0.05) is 42.5 Å². The molecule has 0 radical (unpaired) electrons. The summed E-state index contributed by atoms with van der Waals surface area (Å²) in [4.78, 5) is 18.9. The molecule has 5 heteroatoms. The number of carbonyl (C=O) groups is 1. The summed E-state index contributed by atoms with van der Waals surface area (Å²) in [6, 6.07) is 9.13. The van der Waals surface area contributed by atoms with Crippen LogP contribution in [0, 0.1) is 4.64 Å². The Morgan fingerprint density at radius 2 is 2.06 bits per heavy atom. The molecule has 0 saturated heterocycles. The Morgan fingerprint density at radius 1 is 1.35 bits per heavy atom. The maximum atomic E-state index is 11.9. The lowest BCUT2D eigenvalue weighted by Gasteiger charge is -2.01. The van der Waals surface area contributed by atoms with Crippen molar-refractivity contribution in [2.24, 2.45) is 0 Å². The molecule has 0 bridgehead atoms. The number of nitrogens with zero attached hydrogens (tertiary/aromatic N) is 1. The van der Waals surface area contributed by atoms with E-state index in [-0.39, 0.29) is 12.2 Å². The predicted molar refractivity (Wildman–Crippen MR) is 71.6 cm³/mol. The molecule has 1 aromatic heterocycles. The largest absolute Gasteiger partial charge is 0.333 e. The monoisotopic (exact) mass is 308 g/mol. The van der Waals surface area contributed by atoms with E-state index in [4.69, 9.17) is 12.2 Å².